The Morgan fingerprint density at radius 3 is 2.46 bits per heavy atom. The van der Waals surface area contributed by atoms with E-state index >= 15 is 0 Å². The minimum Gasteiger partial charge on any atom is -0.494 e. The smallest absolute Gasteiger partial charge is 0.271 e. The lowest BCUT2D eigenvalue weighted by atomic mass is 10.1. The van der Waals surface area contributed by atoms with Gasteiger partial charge in [-0.2, -0.15) is 5.10 Å². The lowest BCUT2D eigenvalue weighted by molar-refractivity contribution is 0.0954. The second-order valence-corrected chi connectivity index (χ2v) is 6.17. The van der Waals surface area contributed by atoms with Crippen LogP contribution in [-0.4, -0.2) is 24.3 Å². The van der Waals surface area contributed by atoms with Gasteiger partial charge in [0.2, 0.25) is 0 Å². The van der Waals surface area contributed by atoms with Crippen LogP contribution in [0.15, 0.2) is 53.6 Å². The van der Waals surface area contributed by atoms with Gasteiger partial charge in [0.1, 0.15) is 11.5 Å². The van der Waals surface area contributed by atoms with Gasteiger partial charge < -0.3 is 9.47 Å². The summed E-state index contributed by atoms with van der Waals surface area (Å²) in [4.78, 5) is 12.3. The Morgan fingerprint density at radius 2 is 1.81 bits per heavy atom. The number of nitrogens with zero attached hydrogens (tertiary/aromatic N) is 1. The van der Waals surface area contributed by atoms with Crippen molar-refractivity contribution >= 4 is 11.6 Å². The molecule has 0 aliphatic heterocycles. The summed E-state index contributed by atoms with van der Waals surface area (Å²) in [5, 5.41) is 4.22. The largest absolute Gasteiger partial charge is 0.494 e. The lowest BCUT2D eigenvalue weighted by Gasteiger charge is -2.14. The summed E-state index contributed by atoms with van der Waals surface area (Å²) in [6.45, 7) is 8.49. The first-order chi connectivity index (χ1) is 12.5. The molecular formula is C21H26N2O3. The SMILES string of the molecule is CCCOc1ccc(C(=O)N/N=C(\C)c2ccccc2OC(C)C)cc1. The van der Waals surface area contributed by atoms with Crippen LogP contribution < -0.4 is 14.9 Å². The summed E-state index contributed by atoms with van der Waals surface area (Å²) < 4.78 is 11.3. The van der Waals surface area contributed by atoms with Crippen molar-refractivity contribution in [2.24, 2.45) is 5.10 Å². The molecule has 2 aromatic rings. The number of rotatable bonds is 8. The third-order valence-corrected chi connectivity index (χ3v) is 3.55. The van der Waals surface area contributed by atoms with Gasteiger partial charge in [-0.15, -0.1) is 0 Å². The van der Waals surface area contributed by atoms with Crippen molar-refractivity contribution in [1.29, 1.82) is 0 Å². The highest BCUT2D eigenvalue weighted by atomic mass is 16.5. The van der Waals surface area contributed by atoms with Crippen LogP contribution in [-0.2, 0) is 0 Å². The maximum atomic E-state index is 12.3. The van der Waals surface area contributed by atoms with Gasteiger partial charge in [0, 0.05) is 11.1 Å². The molecule has 1 amide bonds. The van der Waals surface area contributed by atoms with Crippen LogP contribution in [0.3, 0.4) is 0 Å². The molecule has 0 unspecified atom stereocenters. The molecule has 138 valence electrons. The summed E-state index contributed by atoms with van der Waals surface area (Å²) in [6.07, 6.45) is 1.00. The Kier molecular flexibility index (Phi) is 7.21. The predicted octanol–water partition coefficient (Wildman–Crippen LogP) is 4.42. The summed E-state index contributed by atoms with van der Waals surface area (Å²) in [7, 11) is 0. The molecule has 2 rings (SSSR count). The third kappa shape index (κ3) is 5.62. The van der Waals surface area contributed by atoms with Crippen molar-refractivity contribution in [3.05, 3.63) is 59.7 Å². The molecular weight excluding hydrogens is 328 g/mol. The van der Waals surface area contributed by atoms with Gasteiger partial charge in [-0.05, 0) is 63.6 Å². The summed E-state index contributed by atoms with van der Waals surface area (Å²) in [5.41, 5.74) is 4.65. The van der Waals surface area contributed by atoms with E-state index in [-0.39, 0.29) is 12.0 Å². The fourth-order valence-corrected chi connectivity index (χ4v) is 2.30. The molecule has 0 saturated carbocycles. The molecule has 2 aromatic carbocycles. The normalized spacial score (nSPS) is 11.3. The topological polar surface area (TPSA) is 59.9 Å². The average Bonchev–Trinajstić information content (AvgIpc) is 2.64. The zero-order chi connectivity index (χ0) is 18.9. The molecule has 0 fully saturated rings. The molecule has 5 heteroatoms. The molecule has 0 spiro atoms. The van der Waals surface area contributed by atoms with E-state index in [2.05, 4.69) is 10.5 Å². The number of benzene rings is 2. The number of carbonyl (C=O) groups is 1. The number of nitrogens with one attached hydrogen (secondary N) is 1. The summed E-state index contributed by atoms with van der Waals surface area (Å²) in [6, 6.07) is 14.7. The molecule has 0 aliphatic rings. The molecule has 0 saturated heterocycles. The number of ether oxygens (including phenoxy) is 2. The number of hydrogen-bond acceptors (Lipinski definition) is 4. The monoisotopic (exact) mass is 354 g/mol. The van der Waals surface area contributed by atoms with E-state index in [4.69, 9.17) is 9.47 Å². The maximum absolute atomic E-state index is 12.3. The van der Waals surface area contributed by atoms with Gasteiger partial charge in [-0.25, -0.2) is 5.43 Å². The number of carbonyl (C=O) groups excluding carboxylic acids is 1. The van der Waals surface area contributed by atoms with Crippen LogP contribution in [0.25, 0.3) is 0 Å². The van der Waals surface area contributed by atoms with Crippen molar-refractivity contribution in [2.75, 3.05) is 6.61 Å². The maximum Gasteiger partial charge on any atom is 0.271 e. The van der Waals surface area contributed by atoms with Crippen LogP contribution in [0.4, 0.5) is 0 Å². The van der Waals surface area contributed by atoms with E-state index in [1.807, 2.05) is 52.0 Å². The highest BCUT2D eigenvalue weighted by Crippen LogP contribution is 2.20. The van der Waals surface area contributed by atoms with Crippen molar-refractivity contribution in [3.63, 3.8) is 0 Å². The molecule has 0 aliphatic carbocycles. The quantitative estimate of drug-likeness (QED) is 0.564. The van der Waals surface area contributed by atoms with Crippen molar-refractivity contribution < 1.29 is 14.3 Å². The number of para-hydroxylation sites is 1. The second-order valence-electron chi connectivity index (χ2n) is 6.17. The molecule has 0 radical (unpaired) electrons. The molecule has 0 atom stereocenters. The second kappa shape index (κ2) is 9.61. The van der Waals surface area contributed by atoms with Gasteiger partial charge >= 0.3 is 0 Å². The Morgan fingerprint density at radius 1 is 1.12 bits per heavy atom. The van der Waals surface area contributed by atoms with E-state index in [0.717, 1.165) is 23.5 Å². The zero-order valence-corrected chi connectivity index (χ0v) is 15.8. The van der Waals surface area contributed by atoms with Crippen LogP contribution in [0, 0.1) is 0 Å². The van der Waals surface area contributed by atoms with E-state index < -0.39 is 0 Å². The van der Waals surface area contributed by atoms with E-state index in [1.54, 1.807) is 24.3 Å². The highest BCUT2D eigenvalue weighted by molar-refractivity contribution is 6.02. The summed E-state index contributed by atoms with van der Waals surface area (Å²) >= 11 is 0. The first-order valence-electron chi connectivity index (χ1n) is 8.84. The van der Waals surface area contributed by atoms with Gasteiger partial charge in [0.25, 0.3) is 5.91 Å². The molecule has 0 bridgehead atoms. The molecule has 5 nitrogen and oxygen atoms in total. The standard InChI is InChI=1S/C21H26N2O3/c1-5-14-25-18-12-10-17(11-13-18)21(24)23-22-16(4)19-8-6-7-9-20(19)26-15(2)3/h6-13,15H,5,14H2,1-4H3,(H,23,24)/b22-16+. The Labute approximate surface area is 155 Å². The van der Waals surface area contributed by atoms with Gasteiger partial charge in [-0.3, -0.25) is 4.79 Å². The Hall–Kier alpha value is -2.82. The lowest BCUT2D eigenvalue weighted by Crippen LogP contribution is -2.19. The van der Waals surface area contributed by atoms with Crippen molar-refractivity contribution in [1.82, 2.24) is 5.43 Å². The molecule has 0 heterocycles. The van der Waals surface area contributed by atoms with Crippen LogP contribution in [0.5, 0.6) is 11.5 Å². The summed E-state index contributed by atoms with van der Waals surface area (Å²) in [5.74, 6) is 1.23. The first-order valence-corrected chi connectivity index (χ1v) is 8.84. The third-order valence-electron chi connectivity index (χ3n) is 3.55. The van der Waals surface area contributed by atoms with Crippen LogP contribution >= 0.6 is 0 Å². The zero-order valence-electron chi connectivity index (χ0n) is 15.8. The molecule has 0 aromatic heterocycles. The fourth-order valence-electron chi connectivity index (χ4n) is 2.30. The van der Waals surface area contributed by atoms with E-state index in [1.165, 1.54) is 0 Å². The van der Waals surface area contributed by atoms with E-state index in [9.17, 15) is 4.79 Å². The Balaban J connectivity index is 2.05. The first kappa shape index (κ1) is 19.5. The molecule has 26 heavy (non-hydrogen) atoms. The molecule has 1 N–H and O–H groups in total. The average molecular weight is 354 g/mol. The highest BCUT2D eigenvalue weighted by Gasteiger charge is 2.09. The number of hydrazone groups is 1. The minimum atomic E-state index is -0.270. The van der Waals surface area contributed by atoms with Crippen molar-refractivity contribution in [2.45, 2.75) is 40.2 Å². The van der Waals surface area contributed by atoms with Crippen LogP contribution in [0.1, 0.15) is 50.0 Å². The fraction of sp³-hybridized carbons (Fsp3) is 0.333. The van der Waals surface area contributed by atoms with Gasteiger partial charge in [0.05, 0.1) is 18.4 Å². The van der Waals surface area contributed by atoms with Gasteiger partial charge in [-0.1, -0.05) is 19.1 Å². The minimum absolute atomic E-state index is 0.0620. The number of amides is 1. The Bertz CT molecular complexity index is 752. The van der Waals surface area contributed by atoms with Crippen LogP contribution in [0.2, 0.25) is 0 Å². The van der Waals surface area contributed by atoms with Crippen molar-refractivity contribution in [3.8, 4) is 11.5 Å². The number of hydrogen-bond donors (Lipinski definition) is 1. The van der Waals surface area contributed by atoms with E-state index in [0.29, 0.717) is 17.9 Å². The van der Waals surface area contributed by atoms with Gasteiger partial charge in [0.15, 0.2) is 0 Å². The predicted molar refractivity (Wildman–Crippen MR) is 104 cm³/mol.